The molecule has 8 nitrogen and oxygen atoms in total. The highest BCUT2D eigenvalue weighted by Gasteiger charge is 2.06. The Kier molecular flexibility index (Phi) is 3.85. The molecule has 0 aliphatic rings. The van der Waals surface area contributed by atoms with Gasteiger partial charge in [0.05, 0.1) is 6.54 Å². The SMILES string of the molecule is N=C(N=C(N)N)SCCn1nc2ccccn2c1=O. The van der Waals surface area contributed by atoms with Gasteiger partial charge < -0.3 is 11.5 Å². The second kappa shape index (κ2) is 5.57. The first kappa shape index (κ1) is 13.1. The standard InChI is InChI=1S/C10H13N7OS/c11-8(12)14-9(13)19-6-5-17-10(18)16-4-2-1-3-7(16)15-17/h1-4H,5-6H2,(H5,11,12,13,14). The number of thioether (sulfide) groups is 1. The van der Waals surface area contributed by atoms with E-state index in [-0.39, 0.29) is 16.8 Å². The number of guanidine groups is 1. The highest BCUT2D eigenvalue weighted by molar-refractivity contribution is 8.13. The van der Waals surface area contributed by atoms with Crippen molar-refractivity contribution in [2.45, 2.75) is 6.54 Å². The van der Waals surface area contributed by atoms with Crippen molar-refractivity contribution < 1.29 is 0 Å². The van der Waals surface area contributed by atoms with Gasteiger partial charge in [0.1, 0.15) is 0 Å². The summed E-state index contributed by atoms with van der Waals surface area (Å²) in [5, 5.41) is 11.6. The molecule has 0 spiro atoms. The molecule has 2 rings (SSSR count). The monoisotopic (exact) mass is 279 g/mol. The van der Waals surface area contributed by atoms with Crippen LogP contribution < -0.4 is 17.2 Å². The second-order valence-electron chi connectivity index (χ2n) is 3.62. The van der Waals surface area contributed by atoms with Gasteiger partial charge in [-0.25, -0.2) is 9.48 Å². The van der Waals surface area contributed by atoms with Crippen LogP contribution in [0.2, 0.25) is 0 Å². The summed E-state index contributed by atoms with van der Waals surface area (Å²) in [7, 11) is 0. The van der Waals surface area contributed by atoms with Crippen molar-refractivity contribution in [2.24, 2.45) is 16.5 Å². The minimum absolute atomic E-state index is 0.0109. The van der Waals surface area contributed by atoms with Crippen molar-refractivity contribution in [1.82, 2.24) is 14.2 Å². The van der Waals surface area contributed by atoms with E-state index in [9.17, 15) is 4.79 Å². The zero-order chi connectivity index (χ0) is 13.8. The number of nitrogens with two attached hydrogens (primary N) is 2. The molecule has 19 heavy (non-hydrogen) atoms. The quantitative estimate of drug-likeness (QED) is 0.512. The van der Waals surface area contributed by atoms with Crippen LogP contribution in [0, 0.1) is 5.41 Å². The van der Waals surface area contributed by atoms with Crippen LogP contribution in [0.25, 0.3) is 5.65 Å². The molecule has 2 heterocycles. The summed E-state index contributed by atoms with van der Waals surface area (Å²) < 4.78 is 2.82. The van der Waals surface area contributed by atoms with E-state index < -0.39 is 0 Å². The number of pyridine rings is 1. The third-order valence-electron chi connectivity index (χ3n) is 2.26. The van der Waals surface area contributed by atoms with Gasteiger partial charge in [0.2, 0.25) is 0 Å². The predicted molar refractivity (Wildman–Crippen MR) is 75.4 cm³/mol. The number of aryl methyl sites for hydroxylation is 1. The Labute approximate surface area is 112 Å². The highest BCUT2D eigenvalue weighted by Crippen LogP contribution is 2.04. The number of amidine groups is 1. The van der Waals surface area contributed by atoms with Gasteiger partial charge in [-0.2, -0.15) is 4.99 Å². The van der Waals surface area contributed by atoms with Crippen LogP contribution in [-0.2, 0) is 6.54 Å². The highest BCUT2D eigenvalue weighted by atomic mass is 32.2. The number of nitrogens with zero attached hydrogens (tertiary/aromatic N) is 4. The lowest BCUT2D eigenvalue weighted by molar-refractivity contribution is 0.640. The predicted octanol–water partition coefficient (Wildman–Crippen LogP) is -0.563. The Morgan fingerprint density at radius 3 is 2.95 bits per heavy atom. The fourth-order valence-corrected chi connectivity index (χ4v) is 2.12. The third kappa shape index (κ3) is 3.13. The van der Waals surface area contributed by atoms with Crippen molar-refractivity contribution in [2.75, 3.05) is 5.75 Å². The van der Waals surface area contributed by atoms with Crippen molar-refractivity contribution in [3.05, 3.63) is 34.9 Å². The molecule has 2 aromatic heterocycles. The second-order valence-corrected chi connectivity index (χ2v) is 4.71. The number of aliphatic imine (C=N–C) groups is 1. The minimum atomic E-state index is -0.204. The van der Waals surface area contributed by atoms with Gasteiger partial charge in [-0.15, -0.1) is 5.10 Å². The normalized spacial score (nSPS) is 10.5. The molecule has 0 aromatic carbocycles. The zero-order valence-corrected chi connectivity index (χ0v) is 10.8. The summed E-state index contributed by atoms with van der Waals surface area (Å²) in [4.78, 5) is 15.5. The fraction of sp³-hybridized carbons (Fsp3) is 0.200. The van der Waals surface area contributed by atoms with Gasteiger partial charge in [0.25, 0.3) is 0 Å². The molecule has 0 unspecified atom stereocenters. The Morgan fingerprint density at radius 1 is 1.47 bits per heavy atom. The van der Waals surface area contributed by atoms with Crippen LogP contribution in [0.4, 0.5) is 0 Å². The molecule has 100 valence electrons. The van der Waals surface area contributed by atoms with Crippen molar-refractivity contribution in [1.29, 1.82) is 5.41 Å². The van der Waals surface area contributed by atoms with Crippen LogP contribution >= 0.6 is 11.8 Å². The Bertz CT molecular complexity index is 682. The molecule has 9 heteroatoms. The molecule has 0 bridgehead atoms. The molecule has 2 aromatic rings. The summed E-state index contributed by atoms with van der Waals surface area (Å²) in [6.45, 7) is 0.382. The topological polar surface area (TPSA) is 128 Å². The van der Waals surface area contributed by atoms with E-state index in [1.165, 1.54) is 9.08 Å². The van der Waals surface area contributed by atoms with E-state index in [2.05, 4.69) is 10.1 Å². The fourth-order valence-electron chi connectivity index (χ4n) is 1.49. The molecular weight excluding hydrogens is 266 g/mol. The summed E-state index contributed by atoms with van der Waals surface area (Å²) in [6, 6.07) is 5.34. The molecular formula is C10H13N7OS. The minimum Gasteiger partial charge on any atom is -0.370 e. The lowest BCUT2D eigenvalue weighted by atomic mass is 10.5. The largest absolute Gasteiger partial charge is 0.370 e. The molecule has 0 aliphatic carbocycles. The lowest BCUT2D eigenvalue weighted by Crippen LogP contribution is -2.24. The van der Waals surface area contributed by atoms with Crippen LogP contribution in [0.1, 0.15) is 0 Å². The number of rotatable bonds is 3. The Balaban J connectivity index is 2.03. The summed E-state index contributed by atoms with van der Waals surface area (Å²) in [6.07, 6.45) is 1.66. The number of hydrogen-bond acceptors (Lipinski definition) is 4. The molecule has 0 saturated carbocycles. The van der Waals surface area contributed by atoms with E-state index in [4.69, 9.17) is 16.9 Å². The first-order valence-corrected chi connectivity index (χ1v) is 6.41. The smallest absolute Gasteiger partial charge is 0.350 e. The maximum absolute atomic E-state index is 11.9. The molecule has 0 fully saturated rings. The average Bonchev–Trinajstić information content (AvgIpc) is 2.66. The Morgan fingerprint density at radius 2 is 2.26 bits per heavy atom. The third-order valence-corrected chi connectivity index (χ3v) is 3.01. The summed E-state index contributed by atoms with van der Waals surface area (Å²) in [5.41, 5.74) is 10.7. The molecule has 0 radical (unpaired) electrons. The molecule has 0 aliphatic heterocycles. The van der Waals surface area contributed by atoms with Crippen molar-refractivity contribution in [3.63, 3.8) is 0 Å². The van der Waals surface area contributed by atoms with Crippen molar-refractivity contribution >= 4 is 28.5 Å². The molecule has 0 atom stereocenters. The van der Waals surface area contributed by atoms with Gasteiger partial charge in [0.15, 0.2) is 16.8 Å². The van der Waals surface area contributed by atoms with Gasteiger partial charge in [-0.3, -0.25) is 9.81 Å². The van der Waals surface area contributed by atoms with E-state index in [1.54, 1.807) is 18.3 Å². The maximum atomic E-state index is 11.9. The van der Waals surface area contributed by atoms with Crippen LogP contribution in [0.5, 0.6) is 0 Å². The zero-order valence-electron chi connectivity index (χ0n) is 9.98. The van der Waals surface area contributed by atoms with Crippen LogP contribution in [-0.4, -0.2) is 31.1 Å². The van der Waals surface area contributed by atoms with Crippen LogP contribution in [0.3, 0.4) is 0 Å². The Hall–Kier alpha value is -2.29. The van der Waals surface area contributed by atoms with E-state index in [1.807, 2.05) is 6.07 Å². The van der Waals surface area contributed by atoms with Gasteiger partial charge in [-0.1, -0.05) is 17.8 Å². The molecule has 0 saturated heterocycles. The first-order chi connectivity index (χ1) is 9.08. The maximum Gasteiger partial charge on any atom is 0.350 e. The van der Waals surface area contributed by atoms with E-state index in [0.29, 0.717) is 17.9 Å². The number of hydrogen-bond donors (Lipinski definition) is 3. The van der Waals surface area contributed by atoms with Crippen LogP contribution in [0.15, 0.2) is 34.2 Å². The molecule has 5 N–H and O–H groups in total. The van der Waals surface area contributed by atoms with E-state index in [0.717, 1.165) is 11.8 Å². The van der Waals surface area contributed by atoms with Gasteiger partial charge in [0, 0.05) is 11.9 Å². The lowest BCUT2D eigenvalue weighted by Gasteiger charge is -1.99. The van der Waals surface area contributed by atoms with Gasteiger partial charge >= 0.3 is 5.69 Å². The van der Waals surface area contributed by atoms with Crippen molar-refractivity contribution in [3.8, 4) is 0 Å². The number of fused-ring (bicyclic) bond motifs is 1. The van der Waals surface area contributed by atoms with E-state index >= 15 is 0 Å². The number of aromatic nitrogens is 3. The number of nitrogens with one attached hydrogen (secondary N) is 1. The summed E-state index contributed by atoms with van der Waals surface area (Å²) >= 11 is 1.15. The summed E-state index contributed by atoms with van der Waals surface area (Å²) in [5.74, 6) is 0.335. The average molecular weight is 279 g/mol. The van der Waals surface area contributed by atoms with Gasteiger partial charge in [-0.05, 0) is 12.1 Å². The first-order valence-electron chi connectivity index (χ1n) is 5.43. The molecule has 0 amide bonds.